The van der Waals surface area contributed by atoms with Crippen LogP contribution in [0.4, 0.5) is 10.2 Å². The molecule has 0 unspecified atom stereocenters. The Labute approximate surface area is 478 Å². The minimum atomic E-state index is -0.983. The molecule has 14 rings (SSSR count). The van der Waals surface area contributed by atoms with Crippen LogP contribution in [0.5, 0.6) is 11.8 Å². The van der Waals surface area contributed by atoms with Gasteiger partial charge in [0.2, 0.25) is 11.8 Å². The Balaban J connectivity index is 0.742. The van der Waals surface area contributed by atoms with Crippen molar-refractivity contribution in [3.8, 4) is 45.4 Å². The number of aromatic nitrogens is 9. The van der Waals surface area contributed by atoms with Crippen molar-refractivity contribution in [3.63, 3.8) is 0 Å². The quantitative estimate of drug-likeness (QED) is 0.0566. The molecule has 2 aliphatic carbocycles. The number of nitrogens with one attached hydrogen (secondary N) is 3. The molecule has 4 aromatic heterocycles. The highest BCUT2D eigenvalue weighted by Gasteiger charge is 2.52. The highest BCUT2D eigenvalue weighted by molar-refractivity contribution is 6.06. The molecule has 8 aromatic rings. The zero-order chi connectivity index (χ0) is 56.8. The van der Waals surface area contributed by atoms with Gasteiger partial charge < -0.3 is 44.9 Å². The van der Waals surface area contributed by atoms with E-state index in [4.69, 9.17) is 24.2 Å². The Hall–Kier alpha value is -7.85. The van der Waals surface area contributed by atoms with Crippen LogP contribution in [-0.2, 0) is 27.5 Å². The lowest BCUT2D eigenvalue weighted by atomic mass is 9.65. The van der Waals surface area contributed by atoms with Crippen molar-refractivity contribution in [2.75, 3.05) is 44.4 Å². The Morgan fingerprint density at radius 1 is 0.976 bits per heavy atom. The third kappa shape index (κ3) is 9.64. The highest BCUT2D eigenvalue weighted by Crippen LogP contribution is 2.54. The number of aromatic amines is 1. The zero-order valence-electron chi connectivity index (χ0n) is 47.0. The molecule has 6 fully saturated rings. The number of H-pyrrole nitrogens is 1. The molecule has 6 aliphatic rings. The van der Waals surface area contributed by atoms with Crippen LogP contribution in [0.3, 0.4) is 0 Å². The monoisotopic (exact) mass is 1130 g/mol. The molecule has 1 spiro atoms. The SMILES string of the molecule is CCn1nccc1-c1ccc([C@H](CO)NC(=O)[C@@H]2C[C@@H](O)CN2C(=O)[C@H](C(C)C)n2cc(-c3ccc(COc4c(-c5c(C)c(F)cc6[nH]ncc56)c(C5CC5)cc5c(N6C[C@@H]7C[C@H]6CN7)nc(OC6CC7(COC7)C6)nc45)cc3)nn2)cc1. The number of benzene rings is 4. The van der Waals surface area contributed by atoms with Crippen molar-refractivity contribution in [1.82, 2.24) is 60.5 Å². The molecule has 83 heavy (non-hydrogen) atoms. The fourth-order valence-electron chi connectivity index (χ4n) is 13.5. The molecule has 2 saturated carbocycles. The van der Waals surface area contributed by atoms with Gasteiger partial charge in [-0.25, -0.2) is 9.07 Å². The number of anilines is 1. The van der Waals surface area contributed by atoms with Gasteiger partial charge in [-0.15, -0.1) is 5.10 Å². The van der Waals surface area contributed by atoms with E-state index in [0.717, 1.165) is 109 Å². The molecular weight excluding hydrogens is 1060 g/mol. The second-order valence-corrected chi connectivity index (χ2v) is 24.2. The van der Waals surface area contributed by atoms with E-state index in [2.05, 4.69) is 47.2 Å². The van der Waals surface area contributed by atoms with Gasteiger partial charge in [-0.2, -0.15) is 20.2 Å². The van der Waals surface area contributed by atoms with Crippen molar-refractivity contribution in [3.05, 3.63) is 113 Å². The number of carbonyl (C=O) groups excluding carboxylic acids is 2. The number of aryl methyl sites for hydroxylation is 1. The third-order valence-corrected chi connectivity index (χ3v) is 18.2. The van der Waals surface area contributed by atoms with Gasteiger partial charge in [-0.1, -0.05) is 67.6 Å². The van der Waals surface area contributed by atoms with Gasteiger partial charge in [-0.3, -0.25) is 19.4 Å². The van der Waals surface area contributed by atoms with Gasteiger partial charge >= 0.3 is 6.01 Å². The number of halogens is 1. The first-order valence-electron chi connectivity index (χ1n) is 29.2. The number of amides is 2. The summed E-state index contributed by atoms with van der Waals surface area (Å²) in [5.41, 5.74) is 9.16. The number of rotatable bonds is 18. The summed E-state index contributed by atoms with van der Waals surface area (Å²) in [5, 5.41) is 50.5. The Morgan fingerprint density at radius 2 is 1.77 bits per heavy atom. The lowest BCUT2D eigenvalue weighted by Crippen LogP contribution is -2.56. The first kappa shape index (κ1) is 53.2. The highest BCUT2D eigenvalue weighted by atomic mass is 19.1. The van der Waals surface area contributed by atoms with Crippen molar-refractivity contribution < 1.29 is 38.4 Å². The van der Waals surface area contributed by atoms with Crippen molar-refractivity contribution >= 4 is 39.4 Å². The first-order valence-corrected chi connectivity index (χ1v) is 29.2. The fourth-order valence-corrected chi connectivity index (χ4v) is 13.5. The molecule has 0 radical (unpaired) electrons. The van der Waals surface area contributed by atoms with Crippen LogP contribution in [0, 0.1) is 24.1 Å². The van der Waals surface area contributed by atoms with Crippen LogP contribution in [0.2, 0.25) is 0 Å². The van der Waals surface area contributed by atoms with Gasteiger partial charge in [-0.05, 0) is 104 Å². The van der Waals surface area contributed by atoms with Crippen molar-refractivity contribution in [1.29, 1.82) is 0 Å². The predicted molar refractivity (Wildman–Crippen MR) is 307 cm³/mol. The van der Waals surface area contributed by atoms with Crippen molar-refractivity contribution in [2.45, 2.75) is 128 Å². The summed E-state index contributed by atoms with van der Waals surface area (Å²) < 4.78 is 39.1. The van der Waals surface area contributed by atoms with Crippen molar-refractivity contribution in [2.24, 2.45) is 11.3 Å². The average molecular weight is 1130 g/mol. The minimum absolute atomic E-state index is 0.0379. The summed E-state index contributed by atoms with van der Waals surface area (Å²) in [7, 11) is 0. The number of hydrogen-bond donors (Lipinski definition) is 5. The van der Waals surface area contributed by atoms with E-state index < -0.39 is 30.1 Å². The van der Waals surface area contributed by atoms with E-state index in [1.54, 1.807) is 18.6 Å². The number of fused-ring (bicyclic) bond motifs is 4. The number of nitrogens with zero attached hydrogens (tertiary/aromatic N) is 10. The molecule has 2 amide bonds. The topological polar surface area (TPSA) is 236 Å². The number of piperazine rings is 1. The maximum absolute atomic E-state index is 16.2. The first-order chi connectivity index (χ1) is 40.3. The van der Waals surface area contributed by atoms with Crippen LogP contribution in [0.15, 0.2) is 85.3 Å². The van der Waals surface area contributed by atoms with Crippen LogP contribution in [0.25, 0.3) is 55.4 Å². The number of ether oxygens (including phenoxy) is 3. The Kier molecular flexibility index (Phi) is 13.5. The summed E-state index contributed by atoms with van der Waals surface area (Å²) >= 11 is 0. The third-order valence-electron chi connectivity index (χ3n) is 18.2. The number of aliphatic hydroxyl groups excluding tert-OH is 2. The van der Waals surface area contributed by atoms with Gasteiger partial charge in [0.1, 0.15) is 47.6 Å². The smallest absolute Gasteiger partial charge is 0.319 e. The summed E-state index contributed by atoms with van der Waals surface area (Å²) in [4.78, 5) is 43.1. The molecule has 2 bridgehead atoms. The molecule has 430 valence electrons. The molecule has 21 heteroatoms. The zero-order valence-corrected chi connectivity index (χ0v) is 47.0. The van der Waals surface area contributed by atoms with E-state index >= 15 is 4.39 Å². The van der Waals surface area contributed by atoms with Crippen LogP contribution in [0.1, 0.15) is 99.6 Å². The number of carbonyl (C=O) groups is 2. The van der Waals surface area contributed by atoms with Gasteiger partial charge in [0.05, 0.1) is 55.6 Å². The van der Waals surface area contributed by atoms with Gasteiger partial charge in [0, 0.05) is 83.8 Å². The number of β-amino-alcohol motifs (C(OH)–C–C–N with tert-alkyl or cyclic N) is 1. The number of likely N-dealkylation sites (tertiary alicyclic amines) is 1. The van der Waals surface area contributed by atoms with E-state index in [0.29, 0.717) is 57.8 Å². The average Bonchev–Trinajstić information content (AvgIpc) is 2.69. The Bertz CT molecular complexity index is 3770. The van der Waals surface area contributed by atoms with Crippen LogP contribution >= 0.6 is 0 Å². The summed E-state index contributed by atoms with van der Waals surface area (Å²) in [5.74, 6) is 0.110. The normalized spacial score (nSPS) is 21.7. The molecular formula is C62H68FN13O7. The van der Waals surface area contributed by atoms with E-state index in [-0.39, 0.29) is 67.3 Å². The molecule has 8 heterocycles. The number of aliphatic hydroxyl groups is 2. The molecule has 4 aliphatic heterocycles. The summed E-state index contributed by atoms with van der Waals surface area (Å²) in [6.45, 7) is 11.3. The lowest BCUT2D eigenvalue weighted by molar-refractivity contribution is -0.192. The Morgan fingerprint density at radius 3 is 2.47 bits per heavy atom. The largest absolute Gasteiger partial charge is 0.486 e. The molecule has 4 saturated heterocycles. The molecule has 20 nitrogen and oxygen atoms in total. The maximum Gasteiger partial charge on any atom is 0.319 e. The summed E-state index contributed by atoms with van der Waals surface area (Å²) in [6.07, 6.45) is 9.07. The molecule has 4 aromatic carbocycles. The standard InChI is InChI=1S/C62H68FN13O7/c1-5-75-51(16-17-66-75)39-14-12-38(13-15-39)50(29-77)67-59(79)52-19-42(78)27-74(52)60(80)56(33(2)3)76-28-49(71-72-76)37-8-6-35(7-9-37)30-82-57-54(53-34(4)47(63)21-48-46(53)25-65-70-48)44(36-10-11-36)20-45-55(57)68-61(83-43-22-62(23-43)31-81-32-62)69-58(45)73-26-40-18-41(73)24-64-40/h6-9,12-17,20-21,25,28,33,36,40-43,50,52,56,64,77-78H,5,10-11,18-19,22-24,26-27,29-32H2,1-4H3,(H,65,70)(H,67,79)/t40-,41-,42+,50-,52-,56-/m0/s1. The van der Waals surface area contributed by atoms with Crippen LogP contribution < -0.4 is 25.0 Å². The van der Waals surface area contributed by atoms with Gasteiger partial charge in [0.15, 0.2) is 5.75 Å². The molecule has 6 atom stereocenters. The number of hydrogen-bond acceptors (Lipinski definition) is 15. The van der Waals surface area contributed by atoms with E-state index in [1.165, 1.54) is 15.6 Å². The lowest BCUT2D eigenvalue weighted by Gasteiger charge is -2.52. The molecule has 5 N–H and O–H groups in total. The summed E-state index contributed by atoms with van der Waals surface area (Å²) in [6, 6.07) is 19.4. The van der Waals surface area contributed by atoms with Gasteiger partial charge in [0.25, 0.3) is 0 Å². The van der Waals surface area contributed by atoms with E-state index in [1.807, 2.05) is 87.0 Å². The predicted octanol–water partition coefficient (Wildman–Crippen LogP) is 7.34. The van der Waals surface area contributed by atoms with Crippen LogP contribution in [-0.4, -0.2) is 142 Å². The second-order valence-electron chi connectivity index (χ2n) is 24.2. The maximum atomic E-state index is 16.2. The fraction of sp³-hybridized carbons (Fsp3) is 0.452. The van der Waals surface area contributed by atoms with E-state index in [9.17, 15) is 19.8 Å². The minimum Gasteiger partial charge on any atom is -0.486 e. The second kappa shape index (κ2) is 21.1.